The number of aromatic nitrogens is 1. The molecule has 0 atom stereocenters. The number of nitrogens with zero attached hydrogens (tertiary/aromatic N) is 3. The Morgan fingerprint density at radius 3 is 2.40 bits per heavy atom. The Hall–Kier alpha value is -2.44. The van der Waals surface area contributed by atoms with Crippen LogP contribution in [0.25, 0.3) is 11.5 Å². The van der Waals surface area contributed by atoms with Gasteiger partial charge >= 0.3 is 0 Å². The summed E-state index contributed by atoms with van der Waals surface area (Å²) in [6, 6.07) is 12.6. The number of piperazine rings is 1. The van der Waals surface area contributed by atoms with Crippen molar-refractivity contribution in [2.45, 2.75) is 13.1 Å². The molecule has 1 aliphatic rings. The van der Waals surface area contributed by atoms with Gasteiger partial charge in [0, 0.05) is 50.9 Å². The van der Waals surface area contributed by atoms with Crippen molar-refractivity contribution < 1.29 is 13.3 Å². The fourth-order valence-corrected chi connectivity index (χ4v) is 3.12. The molecular formula is C19H20FN3O2. The van der Waals surface area contributed by atoms with Gasteiger partial charge in [-0.25, -0.2) is 4.39 Å². The summed E-state index contributed by atoms with van der Waals surface area (Å²) >= 11 is 0. The second kappa shape index (κ2) is 7.21. The molecule has 1 aliphatic heterocycles. The maximum Gasteiger partial charge on any atom is 0.202 e. The number of furan rings is 1. The van der Waals surface area contributed by atoms with Gasteiger partial charge in [0.05, 0.1) is 12.0 Å². The lowest BCUT2D eigenvalue weighted by Gasteiger charge is -2.34. The van der Waals surface area contributed by atoms with Gasteiger partial charge in [0.2, 0.25) is 5.76 Å². The van der Waals surface area contributed by atoms with E-state index in [-0.39, 0.29) is 5.82 Å². The van der Waals surface area contributed by atoms with E-state index >= 15 is 0 Å². The molecule has 1 aromatic carbocycles. The van der Waals surface area contributed by atoms with E-state index in [1.807, 2.05) is 30.3 Å². The van der Waals surface area contributed by atoms with Gasteiger partial charge in [-0.15, -0.1) is 0 Å². The first kappa shape index (κ1) is 16.1. The van der Waals surface area contributed by atoms with Crippen LogP contribution in [-0.2, 0) is 13.1 Å². The van der Waals surface area contributed by atoms with Crippen molar-refractivity contribution in [3.8, 4) is 11.5 Å². The minimum absolute atomic E-state index is 0.127. The fourth-order valence-electron chi connectivity index (χ4n) is 3.12. The van der Waals surface area contributed by atoms with Crippen LogP contribution in [0.3, 0.4) is 0 Å². The molecule has 0 spiro atoms. The summed E-state index contributed by atoms with van der Waals surface area (Å²) in [6.45, 7) is 5.09. The normalized spacial score (nSPS) is 16.4. The highest BCUT2D eigenvalue weighted by molar-refractivity contribution is 5.49. The smallest absolute Gasteiger partial charge is 0.202 e. The molecule has 0 amide bonds. The molecule has 5 nitrogen and oxygen atoms in total. The zero-order valence-corrected chi connectivity index (χ0v) is 13.9. The molecule has 130 valence electrons. The number of rotatable bonds is 5. The Balaban J connectivity index is 1.30. The van der Waals surface area contributed by atoms with E-state index in [1.54, 1.807) is 12.3 Å². The Morgan fingerprint density at radius 2 is 1.68 bits per heavy atom. The van der Waals surface area contributed by atoms with Crippen molar-refractivity contribution in [1.29, 1.82) is 0 Å². The number of benzene rings is 1. The molecular weight excluding hydrogens is 321 g/mol. The predicted octanol–water partition coefficient (Wildman–Crippen LogP) is 3.39. The third-order valence-electron chi connectivity index (χ3n) is 4.53. The maximum absolute atomic E-state index is 13.8. The molecule has 4 rings (SSSR count). The van der Waals surface area contributed by atoms with E-state index < -0.39 is 0 Å². The monoisotopic (exact) mass is 341 g/mol. The molecule has 2 aromatic heterocycles. The molecule has 6 heteroatoms. The van der Waals surface area contributed by atoms with Gasteiger partial charge in [0.15, 0.2) is 5.76 Å². The van der Waals surface area contributed by atoms with E-state index in [2.05, 4.69) is 15.0 Å². The second-order valence-corrected chi connectivity index (χ2v) is 6.30. The van der Waals surface area contributed by atoms with Gasteiger partial charge < -0.3 is 8.94 Å². The summed E-state index contributed by atoms with van der Waals surface area (Å²) in [6.07, 6.45) is 1.62. The van der Waals surface area contributed by atoms with Gasteiger partial charge in [-0.05, 0) is 18.2 Å². The minimum atomic E-state index is -0.127. The Labute approximate surface area is 145 Å². The SMILES string of the molecule is Fc1ccccc1CN1CCN(Cc2cc(-c3ccco3)on2)CC1. The Morgan fingerprint density at radius 1 is 0.920 bits per heavy atom. The standard InChI is InChI=1S/C19H20FN3O2/c20-17-5-2-1-4-15(17)13-22-7-9-23(10-8-22)14-16-12-19(25-21-16)18-6-3-11-24-18/h1-6,11-12H,7-10,13-14H2. The van der Waals surface area contributed by atoms with Crippen molar-refractivity contribution in [1.82, 2.24) is 15.0 Å². The van der Waals surface area contributed by atoms with Crippen LogP contribution in [0.1, 0.15) is 11.3 Å². The highest BCUT2D eigenvalue weighted by Crippen LogP contribution is 2.21. The third-order valence-corrected chi connectivity index (χ3v) is 4.53. The first-order chi connectivity index (χ1) is 12.3. The zero-order valence-electron chi connectivity index (χ0n) is 13.9. The van der Waals surface area contributed by atoms with Gasteiger partial charge in [-0.2, -0.15) is 0 Å². The third kappa shape index (κ3) is 3.81. The molecule has 0 radical (unpaired) electrons. The second-order valence-electron chi connectivity index (χ2n) is 6.30. The van der Waals surface area contributed by atoms with Crippen molar-refractivity contribution in [2.24, 2.45) is 0 Å². The van der Waals surface area contributed by atoms with Gasteiger partial charge in [-0.1, -0.05) is 23.4 Å². The quantitative estimate of drug-likeness (QED) is 0.712. The van der Waals surface area contributed by atoms with Crippen LogP contribution >= 0.6 is 0 Å². The van der Waals surface area contributed by atoms with Gasteiger partial charge in [0.25, 0.3) is 0 Å². The number of hydrogen-bond donors (Lipinski definition) is 0. The number of halogens is 1. The topological polar surface area (TPSA) is 45.7 Å². The van der Waals surface area contributed by atoms with Crippen LogP contribution in [0.4, 0.5) is 4.39 Å². The van der Waals surface area contributed by atoms with Crippen molar-refractivity contribution in [2.75, 3.05) is 26.2 Å². The van der Waals surface area contributed by atoms with E-state index in [1.165, 1.54) is 6.07 Å². The largest absolute Gasteiger partial charge is 0.461 e. The molecule has 3 aromatic rings. The molecule has 25 heavy (non-hydrogen) atoms. The highest BCUT2D eigenvalue weighted by atomic mass is 19.1. The lowest BCUT2D eigenvalue weighted by molar-refractivity contribution is 0.119. The molecule has 0 saturated carbocycles. The summed E-state index contributed by atoms with van der Waals surface area (Å²) in [7, 11) is 0. The molecule has 0 bridgehead atoms. The lowest BCUT2D eigenvalue weighted by Crippen LogP contribution is -2.45. The molecule has 0 aliphatic carbocycles. The first-order valence-corrected chi connectivity index (χ1v) is 8.45. The van der Waals surface area contributed by atoms with E-state index in [0.717, 1.165) is 44.0 Å². The lowest BCUT2D eigenvalue weighted by atomic mass is 10.2. The van der Waals surface area contributed by atoms with Crippen LogP contribution in [0.5, 0.6) is 0 Å². The van der Waals surface area contributed by atoms with Crippen LogP contribution in [0.2, 0.25) is 0 Å². The van der Waals surface area contributed by atoms with Crippen molar-refractivity contribution >= 4 is 0 Å². The molecule has 1 saturated heterocycles. The van der Waals surface area contributed by atoms with Crippen molar-refractivity contribution in [3.05, 3.63) is 65.8 Å². The Kier molecular flexibility index (Phi) is 4.63. The summed E-state index contributed by atoms with van der Waals surface area (Å²) in [4.78, 5) is 4.62. The van der Waals surface area contributed by atoms with Crippen LogP contribution in [-0.4, -0.2) is 41.1 Å². The minimum Gasteiger partial charge on any atom is -0.461 e. The first-order valence-electron chi connectivity index (χ1n) is 8.45. The van der Waals surface area contributed by atoms with Gasteiger partial charge in [-0.3, -0.25) is 9.80 Å². The maximum atomic E-state index is 13.8. The van der Waals surface area contributed by atoms with Crippen molar-refractivity contribution in [3.63, 3.8) is 0 Å². The van der Waals surface area contributed by atoms with Crippen LogP contribution in [0, 0.1) is 5.82 Å². The van der Waals surface area contributed by atoms with E-state index in [9.17, 15) is 4.39 Å². The highest BCUT2D eigenvalue weighted by Gasteiger charge is 2.19. The van der Waals surface area contributed by atoms with Crippen LogP contribution < -0.4 is 0 Å². The summed E-state index contributed by atoms with van der Waals surface area (Å²) < 4.78 is 24.4. The average Bonchev–Trinajstić information content (AvgIpc) is 3.30. The summed E-state index contributed by atoms with van der Waals surface area (Å²) in [5, 5.41) is 4.12. The Bertz CT molecular complexity index is 808. The van der Waals surface area contributed by atoms with Gasteiger partial charge in [0.1, 0.15) is 5.82 Å². The van der Waals surface area contributed by atoms with E-state index in [0.29, 0.717) is 18.1 Å². The fraction of sp³-hybridized carbons (Fsp3) is 0.316. The van der Waals surface area contributed by atoms with E-state index in [4.69, 9.17) is 8.94 Å². The summed E-state index contributed by atoms with van der Waals surface area (Å²) in [5.74, 6) is 1.21. The number of hydrogen-bond acceptors (Lipinski definition) is 5. The molecule has 0 unspecified atom stereocenters. The molecule has 1 fully saturated rings. The molecule has 0 N–H and O–H groups in total. The predicted molar refractivity (Wildman–Crippen MR) is 91.2 cm³/mol. The van der Waals surface area contributed by atoms with Crippen LogP contribution in [0.15, 0.2) is 57.7 Å². The zero-order chi connectivity index (χ0) is 17.1. The summed E-state index contributed by atoms with van der Waals surface area (Å²) in [5.41, 5.74) is 1.66. The average molecular weight is 341 g/mol. The molecule has 3 heterocycles.